The molecule has 0 spiro atoms. The summed E-state index contributed by atoms with van der Waals surface area (Å²) >= 11 is 0. The smallest absolute Gasteiger partial charge is 0.256 e. The van der Waals surface area contributed by atoms with Crippen LogP contribution in [0, 0.1) is 0 Å². The highest BCUT2D eigenvalue weighted by Crippen LogP contribution is 2.35. The number of pyridine rings is 2. The maximum atomic E-state index is 12.5. The third kappa shape index (κ3) is 6.07. The van der Waals surface area contributed by atoms with Crippen LogP contribution in [0.2, 0.25) is 0 Å². The summed E-state index contributed by atoms with van der Waals surface area (Å²) < 4.78 is 26.1. The Labute approximate surface area is 245 Å². The van der Waals surface area contributed by atoms with E-state index in [2.05, 4.69) is 35.7 Å². The van der Waals surface area contributed by atoms with Crippen molar-refractivity contribution in [3.63, 3.8) is 0 Å². The Morgan fingerprint density at radius 3 is 2.50 bits per heavy atom. The molecule has 4 aromatic heterocycles. The van der Waals surface area contributed by atoms with Crippen LogP contribution in [0.3, 0.4) is 0 Å². The quantitative estimate of drug-likeness (QED) is 0.259. The summed E-state index contributed by atoms with van der Waals surface area (Å²) in [6, 6.07) is 7.85. The molecule has 42 heavy (non-hydrogen) atoms. The molecule has 2 aliphatic rings. The van der Waals surface area contributed by atoms with E-state index in [1.54, 1.807) is 24.7 Å². The Morgan fingerprint density at radius 1 is 1.00 bits per heavy atom. The maximum Gasteiger partial charge on any atom is 0.256 e. The van der Waals surface area contributed by atoms with E-state index >= 15 is 0 Å². The molecule has 0 atom stereocenters. The molecule has 2 fully saturated rings. The van der Waals surface area contributed by atoms with E-state index in [1.807, 2.05) is 44.1 Å². The Morgan fingerprint density at radius 2 is 1.76 bits per heavy atom. The number of aromatic nitrogens is 6. The first-order valence-corrected chi connectivity index (χ1v) is 15.6. The van der Waals surface area contributed by atoms with Gasteiger partial charge in [0.15, 0.2) is 5.82 Å². The van der Waals surface area contributed by atoms with Gasteiger partial charge in [-0.2, -0.15) is 9.19 Å². The van der Waals surface area contributed by atoms with Crippen LogP contribution >= 0.6 is 0 Å². The van der Waals surface area contributed by atoms with E-state index in [1.165, 1.54) is 12.4 Å². The highest BCUT2D eigenvalue weighted by atomic mass is 32.2. The first-order valence-electron chi connectivity index (χ1n) is 14.1. The van der Waals surface area contributed by atoms with Gasteiger partial charge in [-0.1, -0.05) is 0 Å². The number of anilines is 4. The molecule has 0 amide bonds. The fourth-order valence-corrected chi connectivity index (χ4v) is 6.55. The van der Waals surface area contributed by atoms with Gasteiger partial charge in [0.25, 0.3) is 10.0 Å². The number of aliphatic hydroxyl groups is 1. The molecule has 2 aliphatic carbocycles. The topological polar surface area (TPSA) is 151 Å². The van der Waals surface area contributed by atoms with Crippen LogP contribution < -0.4 is 15.5 Å². The largest absolute Gasteiger partial charge is 0.390 e. The molecule has 12 nitrogen and oxygen atoms in total. The third-order valence-corrected chi connectivity index (χ3v) is 9.83. The monoisotopic (exact) mass is 589 g/mol. The summed E-state index contributed by atoms with van der Waals surface area (Å²) in [4.78, 5) is 20.2. The number of hydrogen-bond acceptors (Lipinski definition) is 11. The van der Waals surface area contributed by atoms with Crippen molar-refractivity contribution in [2.24, 2.45) is 0 Å². The summed E-state index contributed by atoms with van der Waals surface area (Å²) in [6.07, 6.45) is 12.6. The van der Waals surface area contributed by atoms with Gasteiger partial charge in [0.2, 0.25) is 0 Å². The predicted octanol–water partition coefficient (Wildman–Crippen LogP) is 4.05. The normalized spacial score (nSPS) is 20.7. The van der Waals surface area contributed by atoms with Crippen molar-refractivity contribution in [3.05, 3.63) is 55.2 Å². The van der Waals surface area contributed by atoms with Crippen LogP contribution in [0.4, 0.5) is 23.0 Å². The number of rotatable bonds is 9. The molecule has 0 unspecified atom stereocenters. The van der Waals surface area contributed by atoms with Crippen LogP contribution in [0.25, 0.3) is 22.6 Å². The second kappa shape index (κ2) is 11.0. The Bertz CT molecular complexity index is 1690. The lowest BCUT2D eigenvalue weighted by Gasteiger charge is -2.34. The molecule has 0 aromatic carbocycles. The fourth-order valence-electron chi connectivity index (χ4n) is 5.07. The van der Waals surface area contributed by atoms with Gasteiger partial charge in [-0.25, -0.2) is 23.4 Å². The van der Waals surface area contributed by atoms with Gasteiger partial charge in [0.1, 0.15) is 11.6 Å². The molecular weight excluding hydrogens is 554 g/mol. The molecule has 13 heteroatoms. The highest BCUT2D eigenvalue weighted by Gasteiger charge is 2.37. The molecule has 0 saturated heterocycles. The van der Waals surface area contributed by atoms with Crippen LogP contribution in [0.1, 0.15) is 45.4 Å². The highest BCUT2D eigenvalue weighted by molar-refractivity contribution is 7.90. The molecule has 0 aliphatic heterocycles. The molecular formula is C29H35N9O3S. The Balaban J connectivity index is 1.27. The Hall–Kier alpha value is -4.10. The van der Waals surface area contributed by atoms with Crippen molar-refractivity contribution in [1.29, 1.82) is 0 Å². The molecule has 2 saturated carbocycles. The SMILES string of the molecule is CN(C)c1ccnc(-c2cnc(Nc3ccnc(-c4cnn(S(=O)(=O)C5CC5)c4)n3)cc2NC2CCC(C)(O)CC2)c1. The zero-order valence-electron chi connectivity index (χ0n) is 23.9. The first kappa shape index (κ1) is 28.0. The average molecular weight is 590 g/mol. The minimum atomic E-state index is -3.47. The zero-order valence-corrected chi connectivity index (χ0v) is 24.7. The summed E-state index contributed by atoms with van der Waals surface area (Å²) in [7, 11) is 0.507. The van der Waals surface area contributed by atoms with Gasteiger partial charge < -0.3 is 20.6 Å². The van der Waals surface area contributed by atoms with Crippen molar-refractivity contribution in [3.8, 4) is 22.6 Å². The fraction of sp³-hybridized carbons (Fsp3) is 0.414. The van der Waals surface area contributed by atoms with E-state index < -0.39 is 15.6 Å². The molecule has 0 bridgehead atoms. The van der Waals surface area contributed by atoms with Crippen LogP contribution in [-0.4, -0.2) is 73.6 Å². The molecule has 220 valence electrons. The molecule has 0 radical (unpaired) electrons. The van der Waals surface area contributed by atoms with Gasteiger partial charge >= 0.3 is 0 Å². The zero-order chi connectivity index (χ0) is 29.5. The van der Waals surface area contributed by atoms with Crippen molar-refractivity contribution in [2.45, 2.75) is 62.3 Å². The van der Waals surface area contributed by atoms with E-state index in [9.17, 15) is 13.5 Å². The average Bonchev–Trinajstić information content (AvgIpc) is 3.71. The number of nitrogens with one attached hydrogen (secondary N) is 2. The molecule has 6 rings (SSSR count). The third-order valence-electron chi connectivity index (χ3n) is 7.80. The van der Waals surface area contributed by atoms with Crippen molar-refractivity contribution in [2.75, 3.05) is 29.6 Å². The summed E-state index contributed by atoms with van der Waals surface area (Å²) in [5, 5.41) is 21.1. The van der Waals surface area contributed by atoms with E-state index in [0.29, 0.717) is 35.9 Å². The number of hydrogen-bond donors (Lipinski definition) is 3. The van der Waals surface area contributed by atoms with Crippen LogP contribution in [0.5, 0.6) is 0 Å². The van der Waals surface area contributed by atoms with Gasteiger partial charge in [-0.3, -0.25) is 4.98 Å². The second-order valence-corrected chi connectivity index (χ2v) is 13.6. The van der Waals surface area contributed by atoms with Crippen molar-refractivity contribution in [1.82, 2.24) is 29.1 Å². The maximum absolute atomic E-state index is 12.5. The van der Waals surface area contributed by atoms with E-state index in [0.717, 1.165) is 52.4 Å². The molecule has 4 heterocycles. The minimum Gasteiger partial charge on any atom is -0.390 e. The van der Waals surface area contributed by atoms with Gasteiger partial charge in [0, 0.05) is 61.7 Å². The van der Waals surface area contributed by atoms with Gasteiger partial charge in [0.05, 0.1) is 34.5 Å². The van der Waals surface area contributed by atoms with E-state index in [4.69, 9.17) is 0 Å². The van der Waals surface area contributed by atoms with Gasteiger partial charge in [-0.15, -0.1) is 0 Å². The lowest BCUT2D eigenvalue weighted by atomic mass is 9.83. The minimum absolute atomic E-state index is 0.199. The second-order valence-electron chi connectivity index (χ2n) is 11.6. The summed E-state index contributed by atoms with van der Waals surface area (Å²) in [6.45, 7) is 1.90. The Kier molecular flexibility index (Phi) is 7.31. The van der Waals surface area contributed by atoms with Gasteiger partial charge in [-0.05, 0) is 63.6 Å². The summed E-state index contributed by atoms with van der Waals surface area (Å²) in [5.41, 5.74) is 3.46. The van der Waals surface area contributed by atoms with Crippen LogP contribution in [0.15, 0.2) is 55.2 Å². The predicted molar refractivity (Wildman–Crippen MR) is 162 cm³/mol. The lowest BCUT2D eigenvalue weighted by molar-refractivity contribution is 0.0196. The standard InChI is InChI=1S/C29H35N9O3S/c1-29(39)10-6-20(7-11-29)34-25-15-27(32-17-23(25)24-14-21(37(2)3)8-12-30-24)35-26-9-13-31-28(36-26)19-16-33-38(18-19)42(40,41)22-4-5-22/h8-9,12-18,20,22,39H,4-7,10-11H2,1-3H3,(H2,31,32,34,35,36). The summed E-state index contributed by atoms with van der Waals surface area (Å²) in [5.74, 6) is 1.43. The van der Waals surface area contributed by atoms with E-state index in [-0.39, 0.29) is 11.3 Å². The van der Waals surface area contributed by atoms with Crippen molar-refractivity contribution < 1.29 is 13.5 Å². The molecule has 3 N–H and O–H groups in total. The van der Waals surface area contributed by atoms with Crippen molar-refractivity contribution >= 4 is 33.0 Å². The number of nitrogens with zero attached hydrogens (tertiary/aromatic N) is 7. The first-order chi connectivity index (χ1) is 20.1. The van der Waals surface area contributed by atoms with Crippen LogP contribution in [-0.2, 0) is 10.0 Å². The molecule has 4 aromatic rings. The lowest BCUT2D eigenvalue weighted by Crippen LogP contribution is -2.35.